The van der Waals surface area contributed by atoms with Gasteiger partial charge in [0.1, 0.15) is 51.8 Å². The fraction of sp³-hybridized carbons (Fsp3) is 0.0500. The van der Waals surface area contributed by atoms with Crippen LogP contribution in [0.1, 0.15) is 6.92 Å². The highest BCUT2D eigenvalue weighted by atomic mass is 19.1. The molecular formula is C60H44F4N12O3. The molecule has 0 amide bonds. The topological polar surface area (TPSA) is 169 Å². The number of halogens is 4. The number of alkyl halides is 1. The fourth-order valence-electron chi connectivity index (χ4n) is 8.71. The second kappa shape index (κ2) is 24.3. The Hall–Kier alpha value is -10.7. The highest BCUT2D eigenvalue weighted by Gasteiger charge is 2.22. The number of tetrazole rings is 3. The summed E-state index contributed by atoms with van der Waals surface area (Å²) in [5, 5.41) is 45.6. The van der Waals surface area contributed by atoms with Crippen molar-refractivity contribution in [2.75, 3.05) is 13.5 Å². The molecule has 0 aliphatic heterocycles. The molecule has 0 saturated heterocycles. The Morgan fingerprint density at radius 1 is 0.354 bits per heavy atom. The predicted molar refractivity (Wildman–Crippen MR) is 289 cm³/mol. The second-order valence-electron chi connectivity index (χ2n) is 16.9. The molecule has 1 N–H and O–H groups in total. The molecule has 390 valence electrons. The van der Waals surface area contributed by atoms with E-state index in [1.54, 1.807) is 78.9 Å². The summed E-state index contributed by atoms with van der Waals surface area (Å²) in [6, 6.07) is 63.4. The minimum absolute atomic E-state index is 0.153. The van der Waals surface area contributed by atoms with Crippen molar-refractivity contribution in [3.63, 3.8) is 0 Å². The summed E-state index contributed by atoms with van der Waals surface area (Å²) in [4.78, 5) is 0. The Kier molecular flexibility index (Phi) is 15.9. The first-order chi connectivity index (χ1) is 38.8. The van der Waals surface area contributed by atoms with Crippen LogP contribution in [0.25, 0.3) is 84.6 Å². The minimum atomic E-state index is -0.938. The molecule has 9 aromatic carbocycles. The van der Waals surface area contributed by atoms with E-state index in [9.17, 15) is 22.7 Å². The Bertz CT molecular complexity index is 3850. The van der Waals surface area contributed by atoms with Crippen LogP contribution in [-0.4, -0.2) is 79.2 Å². The van der Waals surface area contributed by atoms with E-state index in [0.717, 1.165) is 33.6 Å². The molecule has 0 fully saturated rings. The van der Waals surface area contributed by atoms with E-state index in [0.29, 0.717) is 57.8 Å². The number of phenols is 1. The predicted octanol–water partition coefficient (Wildman–Crippen LogP) is 12.8. The monoisotopic (exact) mass is 1060 g/mol. The van der Waals surface area contributed by atoms with Gasteiger partial charge in [-0.25, -0.2) is 17.6 Å². The summed E-state index contributed by atoms with van der Waals surface area (Å²) in [5.74, 6) is 1.30. The largest absolute Gasteiger partial charge is 0.507 e. The minimum Gasteiger partial charge on any atom is -0.507 e. The van der Waals surface area contributed by atoms with Gasteiger partial charge in [0.05, 0.1) is 6.61 Å². The van der Waals surface area contributed by atoms with Crippen molar-refractivity contribution in [3.8, 4) is 102 Å². The van der Waals surface area contributed by atoms with Gasteiger partial charge < -0.3 is 14.6 Å². The van der Waals surface area contributed by atoms with Crippen LogP contribution in [0.15, 0.2) is 218 Å². The third kappa shape index (κ3) is 11.2. The lowest BCUT2D eigenvalue weighted by Gasteiger charge is -2.14. The van der Waals surface area contributed by atoms with E-state index in [1.165, 1.54) is 32.2 Å². The zero-order valence-corrected chi connectivity index (χ0v) is 41.8. The standard InChI is InChI=1S/C21H17FN4O.C20H14F2N4O.C19H13FN4O/c1-2-27-20-14-8-5-10-16(20)15-9-3-4-11-17(15)21-23-24-25-26(21)19-13-7-6-12-18(19)22;21-13-27-19-12-6-3-8-15(19)14-7-1-2-9-16(14)20-23-24-25-26(20)18-11-5-4-10-17(18)22;20-16-10-4-5-11-17(16)24-19(21-22-23-24)15-9-2-1-7-13(15)14-8-3-6-12-18(14)25/h3-14H,2H2,1H3;1-12H,13H2;1-12,25H. The van der Waals surface area contributed by atoms with Crippen molar-refractivity contribution < 1.29 is 32.1 Å². The molecule has 0 bridgehead atoms. The van der Waals surface area contributed by atoms with Crippen molar-refractivity contribution in [2.45, 2.75) is 6.92 Å². The fourth-order valence-corrected chi connectivity index (χ4v) is 8.71. The van der Waals surface area contributed by atoms with Gasteiger partial charge in [-0.2, -0.15) is 14.0 Å². The molecule has 12 aromatic rings. The zero-order valence-electron chi connectivity index (χ0n) is 41.8. The Balaban J connectivity index is 0.000000134. The van der Waals surface area contributed by atoms with Crippen LogP contribution in [0, 0.1) is 17.5 Å². The van der Waals surface area contributed by atoms with Crippen LogP contribution in [0.3, 0.4) is 0 Å². The highest BCUT2D eigenvalue weighted by molar-refractivity contribution is 5.86. The maximum Gasteiger partial charge on any atom is 0.228 e. The molecular weight excluding hydrogens is 1010 g/mol. The number of nitrogens with zero attached hydrogens (tertiary/aromatic N) is 12. The first-order valence-electron chi connectivity index (χ1n) is 24.5. The van der Waals surface area contributed by atoms with E-state index < -0.39 is 24.3 Å². The number of aromatic hydroxyl groups is 1. The number of aromatic nitrogens is 12. The van der Waals surface area contributed by atoms with Gasteiger partial charge in [-0.05, 0) is 109 Å². The Morgan fingerprint density at radius 3 is 1.00 bits per heavy atom. The van der Waals surface area contributed by atoms with Gasteiger partial charge in [-0.1, -0.05) is 164 Å². The maximum atomic E-state index is 14.3. The first-order valence-corrected chi connectivity index (χ1v) is 24.5. The molecule has 0 saturated carbocycles. The van der Waals surface area contributed by atoms with Crippen molar-refractivity contribution in [1.82, 2.24) is 60.6 Å². The molecule has 15 nitrogen and oxygen atoms in total. The molecule has 0 atom stereocenters. The van der Waals surface area contributed by atoms with E-state index in [-0.39, 0.29) is 17.1 Å². The summed E-state index contributed by atoms with van der Waals surface area (Å²) < 4.78 is 70.5. The number of benzene rings is 9. The molecule has 3 aromatic heterocycles. The molecule has 0 aliphatic carbocycles. The third-order valence-electron chi connectivity index (χ3n) is 12.2. The maximum absolute atomic E-state index is 14.3. The average Bonchev–Trinajstić information content (AvgIpc) is 4.37. The van der Waals surface area contributed by atoms with Crippen LogP contribution >= 0.6 is 0 Å². The number of hydrogen-bond donors (Lipinski definition) is 1. The van der Waals surface area contributed by atoms with Crippen molar-refractivity contribution in [2.24, 2.45) is 0 Å². The van der Waals surface area contributed by atoms with Gasteiger partial charge in [-0.15, -0.1) is 15.3 Å². The van der Waals surface area contributed by atoms with Crippen LogP contribution in [0.4, 0.5) is 17.6 Å². The summed E-state index contributed by atoms with van der Waals surface area (Å²) in [7, 11) is 0. The molecule has 0 unspecified atom stereocenters. The van der Waals surface area contributed by atoms with E-state index in [1.807, 2.05) is 128 Å². The number of phenolic OH excluding ortho intramolecular Hbond substituents is 1. The van der Waals surface area contributed by atoms with E-state index in [4.69, 9.17) is 9.47 Å². The summed E-state index contributed by atoms with van der Waals surface area (Å²) in [6.07, 6.45) is 0. The summed E-state index contributed by atoms with van der Waals surface area (Å²) in [6.45, 7) is 1.57. The lowest BCUT2D eigenvalue weighted by atomic mass is 9.98. The van der Waals surface area contributed by atoms with Gasteiger partial charge in [0.2, 0.25) is 6.86 Å². The van der Waals surface area contributed by atoms with E-state index >= 15 is 0 Å². The lowest BCUT2D eigenvalue weighted by Crippen LogP contribution is -2.03. The van der Waals surface area contributed by atoms with Crippen LogP contribution in [0.5, 0.6) is 17.2 Å². The molecule has 0 aliphatic rings. The van der Waals surface area contributed by atoms with Gasteiger partial charge in [0.25, 0.3) is 0 Å². The summed E-state index contributed by atoms with van der Waals surface area (Å²) >= 11 is 0. The average molecular weight is 1060 g/mol. The first kappa shape index (κ1) is 51.8. The van der Waals surface area contributed by atoms with Crippen LogP contribution in [-0.2, 0) is 0 Å². The van der Waals surface area contributed by atoms with Gasteiger partial charge in [-0.3, -0.25) is 0 Å². The number of rotatable bonds is 13. The van der Waals surface area contributed by atoms with Crippen LogP contribution < -0.4 is 9.47 Å². The number of para-hydroxylation sites is 6. The number of ether oxygens (including phenoxy) is 2. The molecule has 0 spiro atoms. The summed E-state index contributed by atoms with van der Waals surface area (Å²) in [5.41, 5.74) is 7.63. The normalized spacial score (nSPS) is 10.7. The Morgan fingerprint density at radius 2 is 0.646 bits per heavy atom. The molecule has 0 radical (unpaired) electrons. The SMILES string of the molecule is CCOc1ccccc1-c1ccccc1-c1nnnn1-c1ccccc1F.FCOc1ccccc1-c1ccccc1-c1nnnn1-c1ccccc1F.Oc1ccccc1-c1ccccc1-c1nnnn1-c1ccccc1F. The lowest BCUT2D eigenvalue weighted by molar-refractivity contribution is 0.192. The zero-order chi connectivity index (χ0) is 54.5. The second-order valence-corrected chi connectivity index (χ2v) is 16.9. The molecule has 3 heterocycles. The van der Waals surface area contributed by atoms with Crippen molar-refractivity contribution in [3.05, 3.63) is 236 Å². The highest BCUT2D eigenvalue weighted by Crippen LogP contribution is 2.40. The third-order valence-corrected chi connectivity index (χ3v) is 12.2. The van der Waals surface area contributed by atoms with Crippen molar-refractivity contribution >= 4 is 0 Å². The molecule has 12 rings (SSSR count). The van der Waals surface area contributed by atoms with Gasteiger partial charge in [0.15, 0.2) is 17.5 Å². The van der Waals surface area contributed by atoms with E-state index in [2.05, 4.69) is 46.6 Å². The molecule has 19 heteroatoms. The van der Waals surface area contributed by atoms with Crippen molar-refractivity contribution in [1.29, 1.82) is 0 Å². The van der Waals surface area contributed by atoms with Gasteiger partial charge in [0, 0.05) is 33.4 Å². The Labute approximate surface area is 449 Å². The number of hydrogen-bond acceptors (Lipinski definition) is 12. The molecule has 79 heavy (non-hydrogen) atoms. The van der Waals surface area contributed by atoms with Gasteiger partial charge >= 0.3 is 0 Å². The quantitative estimate of drug-likeness (QED) is 0.109. The smallest absolute Gasteiger partial charge is 0.228 e. The van der Waals surface area contributed by atoms with Crippen LogP contribution in [0.2, 0.25) is 0 Å².